The van der Waals surface area contributed by atoms with Crippen LogP contribution in [0.5, 0.6) is 0 Å². The molecule has 234 valence electrons. The lowest BCUT2D eigenvalue weighted by atomic mass is 9.97. The maximum absolute atomic E-state index is 14.4. The van der Waals surface area contributed by atoms with Crippen LogP contribution in [0.15, 0.2) is 71.4 Å². The van der Waals surface area contributed by atoms with E-state index in [-0.39, 0.29) is 29.6 Å². The number of hydrogen-bond donors (Lipinski definition) is 0. The average Bonchev–Trinajstić information content (AvgIpc) is 3.75. The van der Waals surface area contributed by atoms with Gasteiger partial charge in [0, 0.05) is 30.8 Å². The fourth-order valence-electron chi connectivity index (χ4n) is 5.87. The van der Waals surface area contributed by atoms with E-state index in [2.05, 4.69) is 15.2 Å². The molecule has 1 saturated carbocycles. The number of aromatic nitrogens is 4. The summed E-state index contributed by atoms with van der Waals surface area (Å²) in [5.74, 6) is 0.740. The van der Waals surface area contributed by atoms with Crippen LogP contribution in [0, 0.1) is 0 Å². The van der Waals surface area contributed by atoms with Gasteiger partial charge in [0.15, 0.2) is 11.4 Å². The van der Waals surface area contributed by atoms with E-state index in [1.165, 1.54) is 0 Å². The summed E-state index contributed by atoms with van der Waals surface area (Å²) in [5.41, 5.74) is 1.41. The lowest BCUT2D eigenvalue weighted by Crippen LogP contribution is -2.41. The van der Waals surface area contributed by atoms with Gasteiger partial charge in [-0.25, -0.2) is 9.78 Å². The minimum Gasteiger partial charge on any atom is -0.444 e. The molecule has 0 N–H and O–H groups in total. The summed E-state index contributed by atoms with van der Waals surface area (Å²) in [5, 5.41) is 8.23. The van der Waals surface area contributed by atoms with Gasteiger partial charge in [-0.15, -0.1) is 10.2 Å². The second-order valence-corrected chi connectivity index (χ2v) is 12.4. The van der Waals surface area contributed by atoms with Crippen molar-refractivity contribution in [3.05, 3.63) is 78.1 Å². The van der Waals surface area contributed by atoms with Crippen molar-refractivity contribution in [1.29, 1.82) is 0 Å². The van der Waals surface area contributed by atoms with Crippen molar-refractivity contribution in [1.82, 2.24) is 24.6 Å². The second-order valence-electron chi connectivity index (χ2n) is 12.4. The summed E-state index contributed by atoms with van der Waals surface area (Å²) in [6.45, 7) is 5.28. The first kappa shape index (κ1) is 30.4. The van der Waals surface area contributed by atoms with Crippen molar-refractivity contribution in [2.45, 2.75) is 70.8 Å². The fourth-order valence-corrected chi connectivity index (χ4v) is 5.87. The van der Waals surface area contributed by atoms with Gasteiger partial charge < -0.3 is 18.6 Å². The average molecular weight is 618 g/mol. The first-order valence-electron chi connectivity index (χ1n) is 14.9. The predicted molar refractivity (Wildman–Crippen MR) is 164 cm³/mol. The van der Waals surface area contributed by atoms with Crippen LogP contribution in [0.3, 0.4) is 0 Å². The van der Waals surface area contributed by atoms with Gasteiger partial charge >= 0.3 is 12.3 Å². The number of ether oxygens (including phenoxy) is 1. The third kappa shape index (κ3) is 6.43. The lowest BCUT2D eigenvalue weighted by molar-refractivity contribution is -0.136. The molecule has 0 aliphatic heterocycles. The van der Waals surface area contributed by atoms with Gasteiger partial charge in [0.2, 0.25) is 5.89 Å². The summed E-state index contributed by atoms with van der Waals surface area (Å²) in [6, 6.07) is 17.5. The first-order chi connectivity index (χ1) is 21.4. The second kappa shape index (κ2) is 11.7. The van der Waals surface area contributed by atoms with Crippen LogP contribution in [-0.2, 0) is 24.5 Å². The lowest BCUT2D eigenvalue weighted by Gasteiger charge is -2.31. The number of aryl methyl sites for hydroxylation is 1. The maximum atomic E-state index is 14.4. The zero-order valence-electron chi connectivity index (χ0n) is 25.6. The predicted octanol–water partition coefficient (Wildman–Crippen LogP) is 8.66. The van der Waals surface area contributed by atoms with E-state index >= 15 is 0 Å². The third-order valence-corrected chi connectivity index (χ3v) is 7.90. The molecule has 0 bridgehead atoms. The maximum Gasteiger partial charge on any atom is 0.420 e. The number of carbonyl (C=O) groups excluding carboxylic acids is 1. The molecule has 2 heterocycles. The number of halogens is 3. The van der Waals surface area contributed by atoms with Gasteiger partial charge in [-0.1, -0.05) is 49.2 Å². The Morgan fingerprint density at radius 3 is 2.38 bits per heavy atom. The van der Waals surface area contributed by atoms with E-state index in [1.807, 2.05) is 54.1 Å². The monoisotopic (exact) mass is 617 g/mol. The van der Waals surface area contributed by atoms with Crippen LogP contribution < -0.4 is 0 Å². The molecule has 1 amide bonds. The van der Waals surface area contributed by atoms with Crippen LogP contribution in [0.25, 0.3) is 45.1 Å². The van der Waals surface area contributed by atoms with E-state index in [0.717, 1.165) is 48.4 Å². The number of alkyl halides is 3. The van der Waals surface area contributed by atoms with Crippen LogP contribution in [0.2, 0.25) is 0 Å². The number of rotatable bonds is 6. The number of benzene rings is 3. The number of nitrogens with zero attached hydrogens (tertiary/aromatic N) is 5. The number of oxazole rings is 1. The molecule has 0 atom stereocenters. The standard InChI is InChI=1S/C34H34F3N5O3/c1-33(2,3)45-32(43)42(24-12-5-6-13-24)19-21-16-27(34(35,36)37)29-28(17-21)39-31(44-29)23-11-9-10-22(18-23)25-14-7-8-15-26(25)30-40-38-20-41(30)4/h7-11,14-18,20,24H,5-6,12-13,19H2,1-4H3. The summed E-state index contributed by atoms with van der Waals surface area (Å²) < 4.78 is 56.5. The van der Waals surface area contributed by atoms with Crippen molar-refractivity contribution in [2.24, 2.45) is 7.05 Å². The van der Waals surface area contributed by atoms with Gasteiger partial charge in [0.1, 0.15) is 23.0 Å². The summed E-state index contributed by atoms with van der Waals surface area (Å²) in [7, 11) is 1.86. The highest BCUT2D eigenvalue weighted by molar-refractivity contribution is 5.84. The summed E-state index contributed by atoms with van der Waals surface area (Å²) in [4.78, 5) is 19.3. The highest BCUT2D eigenvalue weighted by Crippen LogP contribution is 2.39. The molecule has 8 nitrogen and oxygen atoms in total. The molecule has 11 heteroatoms. The van der Waals surface area contributed by atoms with Crippen molar-refractivity contribution in [3.63, 3.8) is 0 Å². The molecule has 1 fully saturated rings. The Bertz CT molecular complexity index is 1850. The quantitative estimate of drug-likeness (QED) is 0.190. The Hall–Kier alpha value is -4.67. The largest absolute Gasteiger partial charge is 0.444 e. The Balaban J connectivity index is 1.39. The third-order valence-electron chi connectivity index (χ3n) is 7.90. The van der Waals surface area contributed by atoms with Crippen molar-refractivity contribution in [3.8, 4) is 34.0 Å². The molecule has 2 aromatic heterocycles. The highest BCUT2D eigenvalue weighted by Gasteiger charge is 2.37. The van der Waals surface area contributed by atoms with Crippen LogP contribution in [-0.4, -0.2) is 42.4 Å². The minimum atomic E-state index is -4.70. The van der Waals surface area contributed by atoms with Crippen molar-refractivity contribution in [2.75, 3.05) is 0 Å². The number of hydrogen-bond acceptors (Lipinski definition) is 6. The van der Waals surface area contributed by atoms with Crippen molar-refractivity contribution < 1.29 is 27.1 Å². The molecule has 45 heavy (non-hydrogen) atoms. The zero-order chi connectivity index (χ0) is 31.9. The van der Waals surface area contributed by atoms with E-state index in [0.29, 0.717) is 17.0 Å². The SMILES string of the molecule is Cn1cnnc1-c1ccccc1-c1cccc(-c2nc3cc(CN(C(=O)OC(C)(C)C)C4CCCC4)cc(C(F)(F)F)c3o2)c1. The van der Waals surface area contributed by atoms with E-state index in [4.69, 9.17) is 9.15 Å². The number of fused-ring (bicyclic) bond motifs is 1. The number of amides is 1. The molecule has 3 aromatic carbocycles. The Morgan fingerprint density at radius 2 is 1.71 bits per heavy atom. The van der Waals surface area contributed by atoms with Gasteiger partial charge in [0.25, 0.3) is 0 Å². The Labute approximate surface area is 258 Å². The molecule has 1 aliphatic rings. The van der Waals surface area contributed by atoms with Gasteiger partial charge in [-0.2, -0.15) is 13.2 Å². The van der Waals surface area contributed by atoms with Crippen molar-refractivity contribution >= 4 is 17.2 Å². The fraction of sp³-hybridized carbons (Fsp3) is 0.353. The zero-order valence-corrected chi connectivity index (χ0v) is 25.6. The summed E-state index contributed by atoms with van der Waals surface area (Å²) >= 11 is 0. The molecular weight excluding hydrogens is 583 g/mol. The molecule has 0 spiro atoms. The van der Waals surface area contributed by atoms with Crippen LogP contribution in [0.4, 0.5) is 18.0 Å². The highest BCUT2D eigenvalue weighted by atomic mass is 19.4. The molecule has 0 radical (unpaired) electrons. The van der Waals surface area contributed by atoms with Crippen LogP contribution >= 0.6 is 0 Å². The molecule has 6 rings (SSSR count). The summed E-state index contributed by atoms with van der Waals surface area (Å²) in [6.07, 6.45) is -0.172. The first-order valence-corrected chi connectivity index (χ1v) is 14.9. The smallest absolute Gasteiger partial charge is 0.420 e. The Kier molecular flexibility index (Phi) is 7.88. The van der Waals surface area contributed by atoms with E-state index < -0.39 is 23.4 Å². The van der Waals surface area contributed by atoms with Gasteiger partial charge in [0.05, 0.1) is 0 Å². The van der Waals surface area contributed by atoms with Gasteiger partial charge in [-0.3, -0.25) is 0 Å². The normalized spacial score (nSPS) is 14.3. The Morgan fingerprint density at radius 1 is 1.00 bits per heavy atom. The topological polar surface area (TPSA) is 86.3 Å². The van der Waals surface area contributed by atoms with E-state index in [1.54, 1.807) is 44.1 Å². The molecule has 1 aliphatic carbocycles. The van der Waals surface area contributed by atoms with Gasteiger partial charge in [-0.05, 0) is 74.6 Å². The van der Waals surface area contributed by atoms with Crippen LogP contribution in [0.1, 0.15) is 57.6 Å². The molecular formula is C34H34F3N5O3. The number of carbonyl (C=O) groups is 1. The molecule has 0 unspecified atom stereocenters. The van der Waals surface area contributed by atoms with E-state index in [9.17, 15) is 18.0 Å². The molecule has 5 aromatic rings. The minimum absolute atomic E-state index is 0.0326. The molecule has 0 saturated heterocycles.